The molecular formula is C14H18ClN3OS. The van der Waals surface area contributed by atoms with Crippen LogP contribution in [0.3, 0.4) is 0 Å². The first-order chi connectivity index (χ1) is 9.63. The number of hydrogen-bond acceptors (Lipinski definition) is 5. The molecule has 0 unspecified atom stereocenters. The number of rotatable bonds is 7. The molecule has 2 aromatic rings. The zero-order chi connectivity index (χ0) is 14.4. The lowest BCUT2D eigenvalue weighted by Crippen LogP contribution is -2.18. The van der Waals surface area contributed by atoms with E-state index in [0.29, 0.717) is 17.5 Å². The highest BCUT2D eigenvalue weighted by Gasteiger charge is 2.05. The van der Waals surface area contributed by atoms with Gasteiger partial charge in [0.15, 0.2) is 5.01 Å². The van der Waals surface area contributed by atoms with Gasteiger partial charge in [-0.25, -0.2) is 0 Å². The van der Waals surface area contributed by atoms with Gasteiger partial charge in [0.1, 0.15) is 17.4 Å². The van der Waals surface area contributed by atoms with Crippen LogP contribution < -0.4 is 10.1 Å². The minimum absolute atomic E-state index is 0.434. The van der Waals surface area contributed by atoms with E-state index in [2.05, 4.69) is 29.4 Å². The molecule has 0 radical (unpaired) electrons. The van der Waals surface area contributed by atoms with Gasteiger partial charge in [-0.15, -0.1) is 10.2 Å². The van der Waals surface area contributed by atoms with Crippen LogP contribution in [-0.4, -0.2) is 16.7 Å². The molecule has 6 heteroatoms. The van der Waals surface area contributed by atoms with Crippen molar-refractivity contribution in [2.75, 3.05) is 6.54 Å². The molecule has 0 saturated carbocycles. The topological polar surface area (TPSA) is 47.0 Å². The summed E-state index contributed by atoms with van der Waals surface area (Å²) >= 11 is 7.39. The van der Waals surface area contributed by atoms with E-state index in [-0.39, 0.29) is 0 Å². The normalized spacial score (nSPS) is 11.0. The van der Waals surface area contributed by atoms with E-state index >= 15 is 0 Å². The van der Waals surface area contributed by atoms with Crippen molar-refractivity contribution in [3.8, 4) is 5.75 Å². The molecule has 0 amide bonds. The van der Waals surface area contributed by atoms with Gasteiger partial charge in [0.05, 0.1) is 0 Å². The summed E-state index contributed by atoms with van der Waals surface area (Å²) < 4.78 is 5.63. The SMILES string of the molecule is CC(C)CNCc1nnc(COc2ccc(Cl)cc2)s1. The van der Waals surface area contributed by atoms with Crippen molar-refractivity contribution in [1.29, 1.82) is 0 Å². The fourth-order valence-electron chi connectivity index (χ4n) is 1.56. The first kappa shape index (κ1) is 15.2. The highest BCUT2D eigenvalue weighted by Crippen LogP contribution is 2.18. The number of hydrogen-bond donors (Lipinski definition) is 1. The van der Waals surface area contributed by atoms with Crippen molar-refractivity contribution in [1.82, 2.24) is 15.5 Å². The van der Waals surface area contributed by atoms with Crippen LogP contribution in [0.5, 0.6) is 5.75 Å². The lowest BCUT2D eigenvalue weighted by molar-refractivity contribution is 0.304. The molecule has 0 aliphatic carbocycles. The highest BCUT2D eigenvalue weighted by molar-refractivity contribution is 7.11. The smallest absolute Gasteiger partial charge is 0.155 e. The van der Waals surface area contributed by atoms with Crippen LogP contribution in [0.1, 0.15) is 23.9 Å². The Bertz CT molecular complexity index is 527. The molecule has 0 saturated heterocycles. The average Bonchev–Trinajstić information content (AvgIpc) is 2.86. The molecule has 0 spiro atoms. The summed E-state index contributed by atoms with van der Waals surface area (Å²) in [6.07, 6.45) is 0. The maximum atomic E-state index is 5.82. The minimum Gasteiger partial charge on any atom is -0.486 e. The quantitative estimate of drug-likeness (QED) is 0.850. The summed E-state index contributed by atoms with van der Waals surface area (Å²) in [6, 6.07) is 7.29. The Morgan fingerprint density at radius 3 is 2.60 bits per heavy atom. The van der Waals surface area contributed by atoms with E-state index in [9.17, 15) is 0 Å². The third kappa shape index (κ3) is 5.07. The number of aromatic nitrogens is 2. The van der Waals surface area contributed by atoms with Crippen LogP contribution in [-0.2, 0) is 13.2 Å². The standard InChI is InChI=1S/C14H18ClN3OS/c1-10(2)7-16-8-13-17-18-14(20-13)9-19-12-5-3-11(15)4-6-12/h3-6,10,16H,7-9H2,1-2H3. The van der Waals surface area contributed by atoms with E-state index < -0.39 is 0 Å². The van der Waals surface area contributed by atoms with E-state index in [1.165, 1.54) is 0 Å². The summed E-state index contributed by atoms with van der Waals surface area (Å²) in [7, 11) is 0. The second-order valence-corrected chi connectivity index (χ2v) is 6.44. The van der Waals surface area contributed by atoms with Crippen LogP contribution in [0.4, 0.5) is 0 Å². The second-order valence-electron chi connectivity index (χ2n) is 4.86. The van der Waals surface area contributed by atoms with E-state index in [0.717, 1.165) is 28.9 Å². The van der Waals surface area contributed by atoms with E-state index in [1.54, 1.807) is 23.5 Å². The molecule has 0 fully saturated rings. The molecule has 4 nitrogen and oxygen atoms in total. The third-order valence-electron chi connectivity index (χ3n) is 2.51. The molecule has 1 N–H and O–H groups in total. The summed E-state index contributed by atoms with van der Waals surface area (Å²) in [5, 5.41) is 14.2. The molecule has 20 heavy (non-hydrogen) atoms. The molecule has 0 bridgehead atoms. The Morgan fingerprint density at radius 2 is 1.90 bits per heavy atom. The Balaban J connectivity index is 1.79. The van der Waals surface area contributed by atoms with Gasteiger partial charge in [-0.2, -0.15) is 0 Å². The summed E-state index contributed by atoms with van der Waals surface area (Å²) in [5.41, 5.74) is 0. The Kier molecular flexibility index (Phi) is 5.76. The molecule has 0 aliphatic heterocycles. The number of halogens is 1. The van der Waals surface area contributed by atoms with Crippen LogP contribution in [0, 0.1) is 5.92 Å². The molecule has 2 rings (SSSR count). The molecular weight excluding hydrogens is 294 g/mol. The number of benzene rings is 1. The van der Waals surface area contributed by atoms with Crippen LogP contribution >= 0.6 is 22.9 Å². The van der Waals surface area contributed by atoms with Crippen LogP contribution in [0.15, 0.2) is 24.3 Å². The van der Waals surface area contributed by atoms with Gasteiger partial charge in [-0.3, -0.25) is 0 Å². The molecule has 1 heterocycles. The van der Waals surface area contributed by atoms with Gasteiger partial charge in [-0.1, -0.05) is 36.8 Å². The molecule has 1 aromatic carbocycles. The predicted molar refractivity (Wildman–Crippen MR) is 82.2 cm³/mol. The summed E-state index contributed by atoms with van der Waals surface area (Å²) in [6.45, 7) is 6.54. The van der Waals surface area contributed by atoms with Gasteiger partial charge in [-0.05, 0) is 36.7 Å². The first-order valence-electron chi connectivity index (χ1n) is 6.54. The Labute approximate surface area is 128 Å². The zero-order valence-electron chi connectivity index (χ0n) is 11.6. The lowest BCUT2D eigenvalue weighted by atomic mass is 10.2. The summed E-state index contributed by atoms with van der Waals surface area (Å²) in [5.74, 6) is 1.42. The van der Waals surface area contributed by atoms with E-state index in [4.69, 9.17) is 16.3 Å². The van der Waals surface area contributed by atoms with E-state index in [1.807, 2.05) is 12.1 Å². The lowest BCUT2D eigenvalue weighted by Gasteiger charge is -2.04. The predicted octanol–water partition coefficient (Wildman–Crippen LogP) is 3.52. The maximum absolute atomic E-state index is 5.82. The number of nitrogens with zero attached hydrogens (tertiary/aromatic N) is 2. The molecule has 0 atom stereocenters. The zero-order valence-corrected chi connectivity index (χ0v) is 13.2. The van der Waals surface area contributed by atoms with Gasteiger partial charge >= 0.3 is 0 Å². The fourth-order valence-corrected chi connectivity index (χ4v) is 2.42. The first-order valence-corrected chi connectivity index (χ1v) is 7.73. The van der Waals surface area contributed by atoms with Crippen molar-refractivity contribution in [2.24, 2.45) is 5.92 Å². The number of ether oxygens (including phenoxy) is 1. The van der Waals surface area contributed by atoms with Gasteiger partial charge in [0, 0.05) is 11.6 Å². The summed E-state index contributed by atoms with van der Waals surface area (Å²) in [4.78, 5) is 0. The Morgan fingerprint density at radius 1 is 1.20 bits per heavy atom. The maximum Gasteiger partial charge on any atom is 0.155 e. The van der Waals surface area contributed by atoms with Crippen molar-refractivity contribution < 1.29 is 4.74 Å². The molecule has 108 valence electrons. The van der Waals surface area contributed by atoms with Crippen LogP contribution in [0.2, 0.25) is 5.02 Å². The van der Waals surface area contributed by atoms with Crippen LogP contribution in [0.25, 0.3) is 0 Å². The largest absolute Gasteiger partial charge is 0.486 e. The van der Waals surface area contributed by atoms with Crippen molar-refractivity contribution in [3.05, 3.63) is 39.3 Å². The number of nitrogens with one attached hydrogen (secondary N) is 1. The third-order valence-corrected chi connectivity index (χ3v) is 3.66. The molecule has 1 aromatic heterocycles. The highest BCUT2D eigenvalue weighted by atomic mass is 35.5. The minimum atomic E-state index is 0.434. The van der Waals surface area contributed by atoms with Gasteiger partial charge in [0.2, 0.25) is 0 Å². The Hall–Kier alpha value is -1.17. The molecule has 0 aliphatic rings. The fraction of sp³-hybridized carbons (Fsp3) is 0.429. The second kappa shape index (κ2) is 7.57. The van der Waals surface area contributed by atoms with Crippen molar-refractivity contribution >= 4 is 22.9 Å². The van der Waals surface area contributed by atoms with Gasteiger partial charge in [0.25, 0.3) is 0 Å². The van der Waals surface area contributed by atoms with Crippen molar-refractivity contribution in [2.45, 2.75) is 27.0 Å². The van der Waals surface area contributed by atoms with Gasteiger partial charge < -0.3 is 10.1 Å². The monoisotopic (exact) mass is 311 g/mol. The van der Waals surface area contributed by atoms with Crippen molar-refractivity contribution in [3.63, 3.8) is 0 Å². The average molecular weight is 312 g/mol.